The van der Waals surface area contributed by atoms with Crippen LogP contribution in [0.15, 0.2) is 36.8 Å². The zero-order valence-corrected chi connectivity index (χ0v) is 14.2. The van der Waals surface area contributed by atoms with Gasteiger partial charge >= 0.3 is 5.97 Å². The predicted molar refractivity (Wildman–Crippen MR) is 90.9 cm³/mol. The minimum absolute atomic E-state index is 0.0274. The Hall–Kier alpha value is -2.70. The van der Waals surface area contributed by atoms with Crippen LogP contribution in [0.4, 0.5) is 0 Å². The minimum atomic E-state index is -0.881. The van der Waals surface area contributed by atoms with Crippen LogP contribution in [0.1, 0.15) is 30.8 Å². The van der Waals surface area contributed by atoms with E-state index in [-0.39, 0.29) is 18.4 Å². The van der Waals surface area contributed by atoms with Gasteiger partial charge in [0.1, 0.15) is 5.82 Å². The molecule has 0 aromatic carbocycles. The zero-order chi connectivity index (χ0) is 17.8. The molecule has 0 spiro atoms. The highest BCUT2D eigenvalue weighted by Crippen LogP contribution is 2.32. The zero-order valence-electron chi connectivity index (χ0n) is 14.2. The molecule has 1 N–H and O–H groups in total. The van der Waals surface area contributed by atoms with Gasteiger partial charge in [-0.05, 0) is 12.1 Å². The fourth-order valence-electron chi connectivity index (χ4n) is 3.38. The molecule has 1 fully saturated rings. The third-order valence-electron chi connectivity index (χ3n) is 4.74. The molecule has 1 aliphatic rings. The first kappa shape index (κ1) is 17.1. The molecule has 3 heterocycles. The van der Waals surface area contributed by atoms with E-state index in [9.17, 15) is 14.7 Å². The molecule has 0 radical (unpaired) electrons. The number of aryl methyl sites for hydroxylation is 2. The van der Waals surface area contributed by atoms with Gasteiger partial charge < -0.3 is 14.6 Å². The fraction of sp³-hybridized carbons (Fsp3) is 0.444. The molecule has 2 aromatic rings. The second-order valence-electron chi connectivity index (χ2n) is 6.24. The van der Waals surface area contributed by atoms with Crippen LogP contribution in [0, 0.1) is 5.92 Å². The van der Waals surface area contributed by atoms with Gasteiger partial charge in [0.25, 0.3) is 0 Å². The van der Waals surface area contributed by atoms with Crippen molar-refractivity contribution in [3.05, 3.63) is 48.3 Å². The van der Waals surface area contributed by atoms with Crippen molar-refractivity contribution in [2.75, 3.05) is 13.1 Å². The van der Waals surface area contributed by atoms with Crippen molar-refractivity contribution in [1.82, 2.24) is 19.4 Å². The number of nitrogens with zero attached hydrogens (tertiary/aromatic N) is 4. The van der Waals surface area contributed by atoms with E-state index in [4.69, 9.17) is 0 Å². The van der Waals surface area contributed by atoms with Crippen molar-refractivity contribution in [2.24, 2.45) is 5.92 Å². The van der Waals surface area contributed by atoms with Crippen LogP contribution in [0.5, 0.6) is 0 Å². The summed E-state index contributed by atoms with van der Waals surface area (Å²) in [6.45, 7) is 3.22. The van der Waals surface area contributed by atoms with E-state index < -0.39 is 11.9 Å². The lowest BCUT2D eigenvalue weighted by Crippen LogP contribution is -2.30. The number of aromatic nitrogens is 3. The normalized spacial score (nSPS) is 20.0. The summed E-state index contributed by atoms with van der Waals surface area (Å²) in [6, 6.07) is 5.47. The molecular formula is C18H22N4O3. The van der Waals surface area contributed by atoms with Gasteiger partial charge in [-0.2, -0.15) is 0 Å². The molecule has 132 valence electrons. The summed E-state index contributed by atoms with van der Waals surface area (Å²) in [4.78, 5) is 34.4. The van der Waals surface area contributed by atoms with E-state index in [1.807, 2.05) is 29.8 Å². The van der Waals surface area contributed by atoms with Gasteiger partial charge in [0.05, 0.1) is 5.92 Å². The first-order valence-electron chi connectivity index (χ1n) is 8.51. The third kappa shape index (κ3) is 3.70. The van der Waals surface area contributed by atoms with Crippen molar-refractivity contribution in [2.45, 2.75) is 32.2 Å². The van der Waals surface area contributed by atoms with Crippen LogP contribution in [0.25, 0.3) is 0 Å². The van der Waals surface area contributed by atoms with Crippen LogP contribution < -0.4 is 0 Å². The summed E-state index contributed by atoms with van der Waals surface area (Å²) in [7, 11) is 0. The Morgan fingerprint density at radius 3 is 2.76 bits per heavy atom. The van der Waals surface area contributed by atoms with E-state index in [2.05, 4.69) is 9.97 Å². The highest BCUT2D eigenvalue weighted by atomic mass is 16.4. The number of hydrogen-bond acceptors (Lipinski definition) is 4. The lowest BCUT2D eigenvalue weighted by atomic mass is 9.93. The number of carboxylic acids is 1. The monoisotopic (exact) mass is 342 g/mol. The smallest absolute Gasteiger partial charge is 0.309 e. The Labute approximate surface area is 146 Å². The first-order chi connectivity index (χ1) is 12.1. The Morgan fingerprint density at radius 1 is 1.24 bits per heavy atom. The summed E-state index contributed by atoms with van der Waals surface area (Å²) in [5.74, 6) is -0.835. The molecule has 0 bridgehead atoms. The maximum atomic E-state index is 12.6. The number of amides is 1. The van der Waals surface area contributed by atoms with Crippen molar-refractivity contribution in [3.63, 3.8) is 0 Å². The number of pyridine rings is 1. The highest BCUT2D eigenvalue weighted by Gasteiger charge is 2.40. The van der Waals surface area contributed by atoms with Gasteiger partial charge in [-0.15, -0.1) is 0 Å². The van der Waals surface area contributed by atoms with E-state index in [1.165, 1.54) is 0 Å². The Bertz CT molecular complexity index is 744. The van der Waals surface area contributed by atoms with E-state index >= 15 is 0 Å². The maximum absolute atomic E-state index is 12.6. The second kappa shape index (κ2) is 7.46. The molecule has 1 saturated heterocycles. The largest absolute Gasteiger partial charge is 0.481 e. The number of aliphatic carboxylic acids is 1. The SMILES string of the molecule is CCc1nccn1CCC(=O)N1C[C@@H](C(=O)O)[C@H](c2ccccn2)C1. The Morgan fingerprint density at radius 2 is 2.08 bits per heavy atom. The van der Waals surface area contributed by atoms with Crippen LogP contribution >= 0.6 is 0 Å². The summed E-state index contributed by atoms with van der Waals surface area (Å²) in [5.41, 5.74) is 0.730. The highest BCUT2D eigenvalue weighted by molar-refractivity contribution is 5.79. The number of imidazole rings is 1. The molecule has 3 rings (SSSR count). The van der Waals surface area contributed by atoms with Gasteiger partial charge in [-0.25, -0.2) is 4.98 Å². The van der Waals surface area contributed by atoms with Crippen LogP contribution in [-0.4, -0.2) is 49.5 Å². The standard InChI is InChI=1S/C18H22N4O3/c1-2-16-20-8-10-21(16)9-6-17(23)22-11-13(14(12-22)18(24)25)15-5-3-4-7-19-15/h3-5,7-8,10,13-14H,2,6,9,11-12H2,1H3,(H,24,25)/t13-,14-/m1/s1. The number of carbonyl (C=O) groups excluding carboxylic acids is 1. The van der Waals surface area contributed by atoms with Crippen molar-refractivity contribution < 1.29 is 14.7 Å². The van der Waals surface area contributed by atoms with Gasteiger partial charge in [-0.3, -0.25) is 14.6 Å². The minimum Gasteiger partial charge on any atom is -0.481 e. The number of carboxylic acid groups (broad SMARTS) is 1. The number of rotatable bonds is 6. The second-order valence-corrected chi connectivity index (χ2v) is 6.24. The van der Waals surface area contributed by atoms with Crippen LogP contribution in [0.2, 0.25) is 0 Å². The van der Waals surface area contributed by atoms with E-state index in [0.29, 0.717) is 19.5 Å². The molecule has 2 aromatic heterocycles. The fourth-order valence-corrected chi connectivity index (χ4v) is 3.38. The van der Waals surface area contributed by atoms with Gasteiger partial charge in [0, 0.05) is 62.7 Å². The molecule has 1 amide bonds. The molecular weight excluding hydrogens is 320 g/mol. The van der Waals surface area contributed by atoms with Gasteiger partial charge in [0.2, 0.25) is 5.91 Å². The number of hydrogen-bond donors (Lipinski definition) is 1. The van der Waals surface area contributed by atoms with Crippen molar-refractivity contribution in [1.29, 1.82) is 0 Å². The molecule has 1 aliphatic heterocycles. The topological polar surface area (TPSA) is 88.3 Å². The molecule has 0 unspecified atom stereocenters. The predicted octanol–water partition coefficient (Wildman–Crippen LogP) is 1.56. The number of likely N-dealkylation sites (tertiary alicyclic amines) is 1. The molecule has 2 atom stereocenters. The summed E-state index contributed by atoms with van der Waals surface area (Å²) >= 11 is 0. The lowest BCUT2D eigenvalue weighted by molar-refractivity contribution is -0.141. The van der Waals surface area contributed by atoms with E-state index in [0.717, 1.165) is 17.9 Å². The average Bonchev–Trinajstić information content (AvgIpc) is 3.27. The van der Waals surface area contributed by atoms with Crippen LogP contribution in [0.3, 0.4) is 0 Å². The molecule has 7 heteroatoms. The van der Waals surface area contributed by atoms with Crippen LogP contribution in [-0.2, 0) is 22.6 Å². The number of carbonyl (C=O) groups is 2. The lowest BCUT2D eigenvalue weighted by Gasteiger charge is -2.17. The van der Waals surface area contributed by atoms with Crippen molar-refractivity contribution >= 4 is 11.9 Å². The average molecular weight is 342 g/mol. The molecule has 25 heavy (non-hydrogen) atoms. The van der Waals surface area contributed by atoms with Gasteiger partial charge in [0.15, 0.2) is 0 Å². The summed E-state index contributed by atoms with van der Waals surface area (Å²) in [6.07, 6.45) is 6.41. The Balaban J connectivity index is 1.66. The Kier molecular flexibility index (Phi) is 5.11. The molecule has 7 nitrogen and oxygen atoms in total. The maximum Gasteiger partial charge on any atom is 0.309 e. The first-order valence-corrected chi connectivity index (χ1v) is 8.51. The van der Waals surface area contributed by atoms with Gasteiger partial charge in [-0.1, -0.05) is 13.0 Å². The molecule has 0 aliphatic carbocycles. The summed E-state index contributed by atoms with van der Waals surface area (Å²) < 4.78 is 1.97. The van der Waals surface area contributed by atoms with E-state index in [1.54, 1.807) is 23.4 Å². The third-order valence-corrected chi connectivity index (χ3v) is 4.74. The van der Waals surface area contributed by atoms with Crippen molar-refractivity contribution in [3.8, 4) is 0 Å². The summed E-state index contributed by atoms with van der Waals surface area (Å²) in [5, 5.41) is 9.51. The molecule has 0 saturated carbocycles. The quantitative estimate of drug-likeness (QED) is 0.860.